The quantitative estimate of drug-likeness (QED) is 0.106. The van der Waals surface area contributed by atoms with Crippen LogP contribution in [0.2, 0.25) is 0 Å². The first-order valence-corrected chi connectivity index (χ1v) is 18.6. The van der Waals surface area contributed by atoms with Gasteiger partial charge in [-0.1, -0.05) is 0 Å². The van der Waals surface area contributed by atoms with Crippen molar-refractivity contribution in [3.8, 4) is 0 Å². The summed E-state index contributed by atoms with van der Waals surface area (Å²) in [6.45, 7) is 7.38. The van der Waals surface area contributed by atoms with Crippen LogP contribution in [0.4, 0.5) is 11.6 Å². The fraction of sp³-hybridized carbons (Fsp3) is 0.655. The van der Waals surface area contributed by atoms with Gasteiger partial charge in [-0.2, -0.15) is 0 Å². The second kappa shape index (κ2) is 19.4. The van der Waals surface area contributed by atoms with Crippen LogP contribution in [0.25, 0.3) is 0 Å². The zero-order chi connectivity index (χ0) is 36.9. The standard InChI is InChI=1S/C29H45N11O10.Ga/c1-22-31-16-26(39(47)48)37(22)6-3-4-24(41)18-33-8-12-35(20-28(43)44)14-10-34(11-15-36(13-9-33)21-29(45)46)19-25(42)30-5-7-38-23(2)32-17-27(38)40(49)50;/h16-17H,3-15,18-21H2,1-2H3,(H,30,42)(H,43,44)(H,45,46);/q;+2/p-2. The van der Waals surface area contributed by atoms with Crippen molar-refractivity contribution in [1.29, 1.82) is 0 Å². The van der Waals surface area contributed by atoms with Crippen molar-refractivity contribution in [2.24, 2.45) is 0 Å². The summed E-state index contributed by atoms with van der Waals surface area (Å²) < 4.78 is 13.5. The summed E-state index contributed by atoms with van der Waals surface area (Å²) in [6, 6.07) is 0. The fourth-order valence-electron chi connectivity index (χ4n) is 5.87. The van der Waals surface area contributed by atoms with Crippen LogP contribution in [0.3, 0.4) is 0 Å². The molecule has 4 heterocycles. The molecule has 2 saturated heterocycles. The van der Waals surface area contributed by atoms with Gasteiger partial charge in [-0.15, -0.1) is 0 Å². The van der Waals surface area contributed by atoms with Gasteiger partial charge in [-0.05, 0) is 9.85 Å². The molecule has 2 atom stereocenters. The molecule has 4 rings (SSSR count). The Labute approximate surface area is 302 Å². The number of nitro groups is 2. The van der Waals surface area contributed by atoms with Crippen LogP contribution in [0, 0.1) is 34.1 Å². The van der Waals surface area contributed by atoms with Crippen LogP contribution in [0.5, 0.6) is 0 Å². The monoisotopic (exact) mass is 774 g/mol. The van der Waals surface area contributed by atoms with Gasteiger partial charge in [-0.25, -0.2) is 19.1 Å². The zero-order valence-electron chi connectivity index (χ0n) is 28.8. The number of hydrogen-bond donors (Lipinski definition) is 1. The number of carbonyl (C=O) groups excluding carboxylic acids is 4. The number of rotatable bonds is 13. The molecule has 277 valence electrons. The van der Waals surface area contributed by atoms with E-state index in [0.717, 1.165) is 0 Å². The number of amides is 1. The van der Waals surface area contributed by atoms with Gasteiger partial charge in [0.1, 0.15) is 12.4 Å². The third-order valence-electron chi connectivity index (χ3n) is 8.70. The second-order valence-electron chi connectivity index (χ2n) is 12.3. The predicted molar refractivity (Wildman–Crippen MR) is 178 cm³/mol. The average molecular weight is 775 g/mol. The third kappa shape index (κ3) is 12.5. The van der Waals surface area contributed by atoms with E-state index in [4.69, 9.17) is 7.06 Å². The van der Waals surface area contributed by atoms with Gasteiger partial charge >= 0.3 is 216 Å². The van der Waals surface area contributed by atoms with Crippen molar-refractivity contribution in [2.45, 2.75) is 39.8 Å². The van der Waals surface area contributed by atoms with E-state index in [1.54, 1.807) is 13.8 Å². The van der Waals surface area contributed by atoms with E-state index >= 15 is 0 Å². The topological polar surface area (TPSA) is 234 Å². The van der Waals surface area contributed by atoms with Crippen molar-refractivity contribution in [3.05, 3.63) is 44.3 Å². The van der Waals surface area contributed by atoms with Crippen LogP contribution >= 0.6 is 0 Å². The normalized spacial score (nSPS) is 19.8. The summed E-state index contributed by atoms with van der Waals surface area (Å²) in [6.07, 6.45) is 2.99. The van der Waals surface area contributed by atoms with E-state index in [1.807, 2.05) is 19.6 Å². The summed E-state index contributed by atoms with van der Waals surface area (Å²) >= 11 is -2.02. The van der Waals surface area contributed by atoms with E-state index in [-0.39, 0.29) is 75.6 Å². The molecule has 0 spiro atoms. The molecular weight excluding hydrogens is 732 g/mol. The molecule has 51 heavy (non-hydrogen) atoms. The Morgan fingerprint density at radius 3 is 1.75 bits per heavy atom. The van der Waals surface area contributed by atoms with Crippen LogP contribution in [0.15, 0.2) is 12.4 Å². The second-order valence-corrected chi connectivity index (χ2v) is 13.7. The molecule has 1 amide bonds. The first kappa shape index (κ1) is 39.6. The number of aryl methyl sites for hydroxylation is 2. The van der Waals surface area contributed by atoms with E-state index in [1.165, 1.54) is 21.5 Å². The molecule has 2 aromatic heterocycles. The number of aromatic nitrogens is 4. The minimum atomic E-state index is -2.02. The molecule has 2 fully saturated rings. The predicted octanol–water partition coefficient (Wildman–Crippen LogP) is -1.47. The fourth-order valence-corrected chi connectivity index (χ4v) is 6.73. The molecule has 2 aromatic rings. The molecule has 0 aliphatic carbocycles. The van der Waals surface area contributed by atoms with Crippen molar-refractivity contribution in [2.75, 3.05) is 85.1 Å². The first-order chi connectivity index (χ1) is 24.4. The Bertz CT molecular complexity index is 1440. The minimum absolute atomic E-state index is 0.0255. The van der Waals surface area contributed by atoms with Crippen molar-refractivity contribution in [3.63, 3.8) is 0 Å². The van der Waals surface area contributed by atoms with Crippen molar-refractivity contribution >= 4 is 53.4 Å². The number of hydrogen-bond acceptors (Lipinski definition) is 16. The SMILES string of the molecule is Cc1ncc([N+](=O)[O-])n1CCCC(=O)CN1CCN2CCN(CC(=O)NCCn3c([N+](=O)[O-])cnc3C)CCN(CC1)CC(=O)[O][Ga][O]C(=O)C2. The van der Waals surface area contributed by atoms with Gasteiger partial charge in [-0.3, -0.25) is 0 Å². The number of fused-ring (bicyclic) bond motifs is 6. The van der Waals surface area contributed by atoms with Crippen molar-refractivity contribution in [1.82, 2.24) is 44.0 Å². The Hall–Kier alpha value is -4.22. The first-order valence-electron chi connectivity index (χ1n) is 16.6. The number of ketones is 1. The molecule has 21 nitrogen and oxygen atoms in total. The molecule has 0 aromatic carbocycles. The molecule has 1 N–H and O–H groups in total. The van der Waals surface area contributed by atoms with Gasteiger partial charge in [0.2, 0.25) is 0 Å². The molecule has 2 unspecified atom stereocenters. The Morgan fingerprint density at radius 1 is 0.784 bits per heavy atom. The summed E-state index contributed by atoms with van der Waals surface area (Å²) in [7, 11) is 0. The van der Waals surface area contributed by atoms with Crippen LogP contribution < -0.4 is 5.32 Å². The van der Waals surface area contributed by atoms with Gasteiger partial charge in [0.05, 0.1) is 0 Å². The average Bonchev–Trinajstić information content (AvgIpc) is 3.63. The number of nitrogens with zero attached hydrogens (tertiary/aromatic N) is 10. The van der Waals surface area contributed by atoms with Gasteiger partial charge in [0.15, 0.2) is 11.6 Å². The maximum atomic E-state index is 13.1. The number of carbonyl (C=O) groups is 4. The Morgan fingerprint density at radius 2 is 1.25 bits per heavy atom. The molecule has 22 heteroatoms. The van der Waals surface area contributed by atoms with Crippen LogP contribution in [-0.4, -0.2) is 175 Å². The van der Waals surface area contributed by atoms with Gasteiger partial charge in [0, 0.05) is 13.8 Å². The van der Waals surface area contributed by atoms with Crippen molar-refractivity contribution < 1.29 is 36.1 Å². The summed E-state index contributed by atoms with van der Waals surface area (Å²) in [5.74, 6) is -0.679. The van der Waals surface area contributed by atoms with E-state index in [0.29, 0.717) is 70.4 Å². The van der Waals surface area contributed by atoms with E-state index in [9.17, 15) is 39.4 Å². The van der Waals surface area contributed by atoms with Gasteiger partial charge in [0.25, 0.3) is 0 Å². The third-order valence-corrected chi connectivity index (χ3v) is 10.2. The summed E-state index contributed by atoms with van der Waals surface area (Å²) in [5, 5.41) is 25.4. The zero-order valence-corrected chi connectivity index (χ0v) is 31.2. The molecule has 0 saturated carbocycles. The van der Waals surface area contributed by atoms with Gasteiger partial charge < -0.3 is 20.2 Å². The number of nitrogens with one attached hydrogen (secondary N) is 1. The van der Waals surface area contributed by atoms with E-state index < -0.39 is 39.9 Å². The van der Waals surface area contributed by atoms with Crippen LogP contribution in [0.1, 0.15) is 24.5 Å². The van der Waals surface area contributed by atoms with Crippen LogP contribution in [-0.2, 0) is 39.3 Å². The molecule has 2 aliphatic rings. The summed E-state index contributed by atoms with van der Waals surface area (Å²) in [4.78, 5) is 88.7. The Balaban J connectivity index is 1.38. The molecule has 2 aliphatic heterocycles. The number of imidazole rings is 2. The Kier molecular flexibility index (Phi) is 15.1. The molecule has 1 radical (unpaired) electrons. The maximum absolute atomic E-state index is 13.1. The summed E-state index contributed by atoms with van der Waals surface area (Å²) in [5.41, 5.74) is 0. The van der Waals surface area contributed by atoms with E-state index in [2.05, 4.69) is 15.3 Å². The molecular formula is C29H43GaN11O10. The molecule has 2 bridgehead atoms. The number of Topliss-reactive ketones (excluding diaryl/α,β-unsaturated/α-hetero) is 1.